The lowest BCUT2D eigenvalue weighted by Crippen LogP contribution is -2.40. The van der Waals surface area contributed by atoms with Crippen molar-refractivity contribution in [2.24, 2.45) is 0 Å². The van der Waals surface area contributed by atoms with Gasteiger partial charge in [-0.1, -0.05) is 225 Å². The van der Waals surface area contributed by atoms with E-state index in [0.717, 1.165) is 122 Å². The average Bonchev–Trinajstić information content (AvgIpc) is 3.38. The Balaban J connectivity index is 4.22. The van der Waals surface area contributed by atoms with E-state index in [-0.39, 0.29) is 38.6 Å². The maximum Gasteiger partial charge on any atom is 0.361 e. The Labute approximate surface area is 459 Å². The van der Waals surface area contributed by atoms with Crippen molar-refractivity contribution < 1.29 is 42.9 Å². The van der Waals surface area contributed by atoms with Crippen LogP contribution in [0.2, 0.25) is 0 Å². The summed E-state index contributed by atoms with van der Waals surface area (Å²) in [4.78, 5) is 37.4. The van der Waals surface area contributed by atoms with E-state index in [0.29, 0.717) is 17.4 Å². The van der Waals surface area contributed by atoms with Crippen molar-refractivity contribution in [3.05, 3.63) is 122 Å². The highest BCUT2D eigenvalue weighted by Crippen LogP contribution is 2.15. The van der Waals surface area contributed by atoms with Crippen LogP contribution in [0.5, 0.6) is 0 Å². The molecule has 0 fully saturated rings. The predicted molar refractivity (Wildman–Crippen MR) is 318 cm³/mol. The zero-order valence-corrected chi connectivity index (χ0v) is 48.4. The fraction of sp³-hybridized carbons (Fsp3) is 0.652. The fourth-order valence-electron chi connectivity index (χ4n) is 7.71. The minimum absolute atomic E-state index is 0.179. The first-order valence-corrected chi connectivity index (χ1v) is 29.7. The highest BCUT2D eigenvalue weighted by Gasteiger charge is 2.25. The van der Waals surface area contributed by atoms with E-state index in [9.17, 15) is 19.5 Å². The van der Waals surface area contributed by atoms with Crippen molar-refractivity contribution in [2.75, 3.05) is 47.5 Å². The number of quaternary nitrogens is 1. The van der Waals surface area contributed by atoms with Crippen LogP contribution in [-0.4, -0.2) is 87.4 Å². The number of hydrogen-bond acceptors (Lipinski definition) is 7. The Hall–Kier alpha value is -4.31. The molecule has 0 saturated heterocycles. The van der Waals surface area contributed by atoms with E-state index < -0.39 is 24.3 Å². The standard InChI is InChI=1S/C66H109NO8/c1-6-8-10-12-14-16-18-20-22-24-25-26-27-28-29-30-31-32-33-34-35-36-37-38-39-41-43-45-47-49-51-53-55-57-64(69)75-62(61-74-66(65(70)71)72-59-58-67(3,4)5)60-73-63(68)56-54-52-50-48-46-44-42-40-23-21-19-17-15-13-11-9-7-2/h8-11,14-17,20-23,25-26,28-29,31-32,34-35,62,66H,6-7,12-13,18-19,24,27,30,33,36-61H2,1-5H3/p+1/b10-8-,11-9-,16-14-,17-15-,22-20-,23-21-,26-25-,29-28-,32-31-,35-34-. The smallest absolute Gasteiger partial charge is 0.361 e. The molecule has 0 amide bonds. The lowest BCUT2D eigenvalue weighted by Gasteiger charge is -2.25. The van der Waals surface area contributed by atoms with Gasteiger partial charge in [-0.25, -0.2) is 4.79 Å². The van der Waals surface area contributed by atoms with Crippen LogP contribution in [0.1, 0.15) is 219 Å². The Kier molecular flexibility index (Phi) is 52.7. The number of carbonyl (C=O) groups excluding carboxylic acids is 2. The average molecular weight is 1050 g/mol. The van der Waals surface area contributed by atoms with Gasteiger partial charge in [-0.2, -0.15) is 0 Å². The van der Waals surface area contributed by atoms with Crippen LogP contribution < -0.4 is 0 Å². The number of likely N-dealkylation sites (N-methyl/N-ethyl adjacent to an activating group) is 1. The van der Waals surface area contributed by atoms with Crippen molar-refractivity contribution in [3.8, 4) is 0 Å². The minimum Gasteiger partial charge on any atom is -0.477 e. The number of carboxylic acid groups (broad SMARTS) is 1. The molecule has 0 aliphatic heterocycles. The second-order valence-corrected chi connectivity index (χ2v) is 20.5. The van der Waals surface area contributed by atoms with Crippen LogP contribution in [0.15, 0.2) is 122 Å². The number of esters is 2. The summed E-state index contributed by atoms with van der Waals surface area (Å²) in [5, 5.41) is 9.70. The van der Waals surface area contributed by atoms with Gasteiger partial charge in [-0.05, 0) is 103 Å². The van der Waals surface area contributed by atoms with E-state index in [4.69, 9.17) is 18.9 Å². The number of carboxylic acids is 1. The lowest BCUT2D eigenvalue weighted by molar-refractivity contribution is -0.870. The van der Waals surface area contributed by atoms with Gasteiger partial charge in [0.05, 0.1) is 34.4 Å². The lowest BCUT2D eigenvalue weighted by atomic mass is 10.0. The van der Waals surface area contributed by atoms with Gasteiger partial charge in [0.1, 0.15) is 13.2 Å². The third-order valence-electron chi connectivity index (χ3n) is 12.2. The van der Waals surface area contributed by atoms with Crippen LogP contribution in [0.25, 0.3) is 0 Å². The molecule has 0 aliphatic carbocycles. The molecular formula is C66H110NO8+. The van der Waals surface area contributed by atoms with E-state index in [1.54, 1.807) is 0 Å². The maximum absolute atomic E-state index is 12.9. The van der Waals surface area contributed by atoms with Crippen LogP contribution >= 0.6 is 0 Å². The summed E-state index contributed by atoms with van der Waals surface area (Å²) in [6, 6.07) is 0. The fourth-order valence-corrected chi connectivity index (χ4v) is 7.71. The molecular weight excluding hydrogens is 935 g/mol. The number of allylic oxidation sites excluding steroid dienone is 20. The molecule has 0 aromatic carbocycles. The van der Waals surface area contributed by atoms with Crippen LogP contribution in [0.3, 0.4) is 0 Å². The number of ether oxygens (including phenoxy) is 4. The van der Waals surface area contributed by atoms with Gasteiger partial charge in [-0.15, -0.1) is 0 Å². The first-order valence-electron chi connectivity index (χ1n) is 29.7. The van der Waals surface area contributed by atoms with Gasteiger partial charge in [0.15, 0.2) is 6.10 Å². The van der Waals surface area contributed by atoms with Crippen LogP contribution in [0.4, 0.5) is 0 Å². The summed E-state index contributed by atoms with van der Waals surface area (Å²) >= 11 is 0. The topological polar surface area (TPSA) is 108 Å². The van der Waals surface area contributed by atoms with E-state index >= 15 is 0 Å². The van der Waals surface area contributed by atoms with Crippen molar-refractivity contribution in [3.63, 3.8) is 0 Å². The Morgan fingerprint density at radius 2 is 0.720 bits per heavy atom. The first-order chi connectivity index (χ1) is 36.6. The number of aliphatic carboxylic acids is 1. The Bertz CT molecular complexity index is 1640. The minimum atomic E-state index is -1.52. The number of nitrogens with zero attached hydrogens (tertiary/aromatic N) is 1. The van der Waals surface area contributed by atoms with Crippen LogP contribution in [0, 0.1) is 0 Å². The van der Waals surface area contributed by atoms with Crippen molar-refractivity contribution >= 4 is 17.9 Å². The van der Waals surface area contributed by atoms with Crippen molar-refractivity contribution in [2.45, 2.75) is 232 Å². The van der Waals surface area contributed by atoms with E-state index in [2.05, 4.69) is 135 Å². The van der Waals surface area contributed by atoms with Crippen molar-refractivity contribution in [1.82, 2.24) is 0 Å². The van der Waals surface area contributed by atoms with Gasteiger partial charge >= 0.3 is 17.9 Å². The SMILES string of the molecule is CC/C=C\C/C=C\C/C=C\C/C=C\C/C=C\C/C=C\C/C=C\CCCCCCCCCCCCCC(=O)OC(COC(=O)CCCCCCCCC/C=C\C/C=C\C/C=C\CC)COC(OCC[N+](C)(C)C)C(=O)O. The number of unbranched alkanes of at least 4 members (excludes halogenated alkanes) is 18. The number of hydrogen-bond donors (Lipinski definition) is 1. The molecule has 0 spiro atoms. The zero-order chi connectivity index (χ0) is 54.8. The summed E-state index contributed by atoms with van der Waals surface area (Å²) in [7, 11) is 5.96. The third-order valence-corrected chi connectivity index (χ3v) is 12.2. The highest BCUT2D eigenvalue weighted by atomic mass is 16.7. The summed E-state index contributed by atoms with van der Waals surface area (Å²) in [5.41, 5.74) is 0. The van der Waals surface area contributed by atoms with Gasteiger partial charge in [-0.3, -0.25) is 9.59 Å². The second-order valence-electron chi connectivity index (χ2n) is 20.5. The molecule has 0 radical (unpaired) electrons. The van der Waals surface area contributed by atoms with Gasteiger partial charge in [0.25, 0.3) is 6.29 Å². The summed E-state index contributed by atoms with van der Waals surface area (Å²) < 4.78 is 22.9. The largest absolute Gasteiger partial charge is 0.477 e. The van der Waals surface area contributed by atoms with Gasteiger partial charge in [0.2, 0.25) is 0 Å². The molecule has 0 heterocycles. The molecule has 9 heteroatoms. The highest BCUT2D eigenvalue weighted by molar-refractivity contribution is 5.71. The molecule has 0 aliphatic rings. The van der Waals surface area contributed by atoms with Crippen molar-refractivity contribution in [1.29, 1.82) is 0 Å². The molecule has 0 saturated carbocycles. The third kappa shape index (κ3) is 57.2. The monoisotopic (exact) mass is 1040 g/mol. The predicted octanol–water partition coefficient (Wildman–Crippen LogP) is 17.7. The first kappa shape index (κ1) is 70.7. The van der Waals surface area contributed by atoms with Gasteiger partial charge in [0, 0.05) is 12.8 Å². The van der Waals surface area contributed by atoms with Crippen LogP contribution in [-0.2, 0) is 33.3 Å². The zero-order valence-electron chi connectivity index (χ0n) is 48.4. The quantitative estimate of drug-likeness (QED) is 0.0211. The molecule has 0 aromatic heterocycles. The summed E-state index contributed by atoms with van der Waals surface area (Å²) in [6.45, 7) is 4.62. The maximum atomic E-state index is 12.9. The molecule has 9 nitrogen and oxygen atoms in total. The second kappa shape index (κ2) is 55.9. The molecule has 2 unspecified atom stereocenters. The molecule has 426 valence electrons. The molecule has 0 bridgehead atoms. The number of rotatable bonds is 53. The molecule has 0 rings (SSSR count). The summed E-state index contributed by atoms with van der Waals surface area (Å²) in [5.74, 6) is -2.03. The van der Waals surface area contributed by atoms with E-state index in [1.165, 1.54) is 64.2 Å². The molecule has 0 aromatic rings. The Morgan fingerprint density at radius 3 is 1.07 bits per heavy atom. The number of carbonyl (C=O) groups is 3. The molecule has 2 atom stereocenters. The van der Waals surface area contributed by atoms with E-state index in [1.807, 2.05) is 21.1 Å². The normalized spacial score (nSPS) is 13.7. The molecule has 75 heavy (non-hydrogen) atoms. The summed E-state index contributed by atoms with van der Waals surface area (Å²) in [6.07, 6.45) is 75.6. The van der Waals surface area contributed by atoms with Gasteiger partial charge < -0.3 is 28.5 Å². The Morgan fingerprint density at radius 1 is 0.400 bits per heavy atom. The molecule has 1 N–H and O–H groups in total.